The van der Waals surface area contributed by atoms with Gasteiger partial charge in [-0.3, -0.25) is 4.68 Å². The zero-order valence-electron chi connectivity index (χ0n) is 6.63. The molecule has 0 amide bonds. The van der Waals surface area contributed by atoms with E-state index in [0.717, 1.165) is 30.8 Å². The molecule has 0 spiro atoms. The molecule has 0 aliphatic carbocycles. The second-order valence-corrected chi connectivity index (χ2v) is 2.91. The van der Waals surface area contributed by atoms with Crippen LogP contribution >= 0.6 is 11.6 Å². The average molecular weight is 174 g/mol. The fourth-order valence-electron chi connectivity index (χ4n) is 0.910. The average Bonchev–Trinajstić information content (AvgIpc) is 2.37. The number of hydrogen-bond donors (Lipinski definition) is 0. The molecule has 4 heteroatoms. The molecule has 0 atom stereocenters. The van der Waals surface area contributed by atoms with Crippen molar-refractivity contribution in [3.63, 3.8) is 0 Å². The minimum absolute atomic E-state index is 0.736. The van der Waals surface area contributed by atoms with Crippen molar-refractivity contribution in [1.29, 1.82) is 0 Å². The summed E-state index contributed by atoms with van der Waals surface area (Å²) in [5, 5.41) is 7.79. The first-order valence-corrected chi connectivity index (χ1v) is 4.27. The van der Waals surface area contributed by atoms with Gasteiger partial charge in [-0.2, -0.15) is 0 Å². The smallest absolute Gasteiger partial charge is 0.0827 e. The third-order valence-electron chi connectivity index (χ3n) is 1.47. The minimum Gasteiger partial charge on any atom is -0.255 e. The summed E-state index contributed by atoms with van der Waals surface area (Å²) in [5.74, 6) is 0.736. The normalized spacial score (nSPS) is 10.4. The highest BCUT2D eigenvalue weighted by Gasteiger charge is 1.96. The van der Waals surface area contributed by atoms with E-state index in [-0.39, 0.29) is 0 Å². The number of aryl methyl sites for hydroxylation is 2. The molecule has 0 N–H and O–H groups in total. The second-order valence-electron chi connectivity index (χ2n) is 2.53. The van der Waals surface area contributed by atoms with Gasteiger partial charge in [-0.05, 0) is 19.3 Å². The standard InChI is InChI=1S/C7H12ClN3/c1-11-6-7(9-10-11)4-2-3-5-8/h6H,2-5H2,1H3. The molecule has 1 rings (SSSR count). The van der Waals surface area contributed by atoms with Crippen LogP contribution in [-0.2, 0) is 13.5 Å². The number of rotatable bonds is 4. The van der Waals surface area contributed by atoms with Crippen LogP contribution in [0.15, 0.2) is 6.20 Å². The lowest BCUT2D eigenvalue weighted by Crippen LogP contribution is -1.86. The molecule has 0 aliphatic rings. The first-order valence-electron chi connectivity index (χ1n) is 3.74. The molecule has 0 bridgehead atoms. The first-order chi connectivity index (χ1) is 5.33. The van der Waals surface area contributed by atoms with Crippen molar-refractivity contribution in [3.8, 4) is 0 Å². The van der Waals surface area contributed by atoms with Gasteiger partial charge < -0.3 is 0 Å². The van der Waals surface area contributed by atoms with Crippen molar-refractivity contribution in [1.82, 2.24) is 15.0 Å². The van der Waals surface area contributed by atoms with Crippen LogP contribution in [0.1, 0.15) is 18.5 Å². The van der Waals surface area contributed by atoms with Crippen molar-refractivity contribution in [3.05, 3.63) is 11.9 Å². The Labute approximate surface area is 71.4 Å². The van der Waals surface area contributed by atoms with Crippen LogP contribution in [0.25, 0.3) is 0 Å². The monoisotopic (exact) mass is 173 g/mol. The van der Waals surface area contributed by atoms with E-state index in [2.05, 4.69) is 10.3 Å². The molecule has 0 fully saturated rings. The van der Waals surface area contributed by atoms with E-state index in [9.17, 15) is 0 Å². The highest BCUT2D eigenvalue weighted by Crippen LogP contribution is 2.00. The predicted molar refractivity (Wildman–Crippen MR) is 44.7 cm³/mol. The van der Waals surface area contributed by atoms with Crippen molar-refractivity contribution < 1.29 is 0 Å². The number of aromatic nitrogens is 3. The lowest BCUT2D eigenvalue weighted by molar-refractivity contribution is 0.710. The molecule has 0 radical (unpaired) electrons. The lowest BCUT2D eigenvalue weighted by Gasteiger charge is -1.91. The number of unbranched alkanes of at least 4 members (excludes halogenated alkanes) is 1. The Balaban J connectivity index is 2.27. The van der Waals surface area contributed by atoms with Crippen LogP contribution in [0, 0.1) is 0 Å². The molecule has 3 nitrogen and oxygen atoms in total. The maximum Gasteiger partial charge on any atom is 0.0827 e. The van der Waals surface area contributed by atoms with Gasteiger partial charge in [0.05, 0.1) is 5.69 Å². The molecule has 1 aromatic heterocycles. The van der Waals surface area contributed by atoms with Crippen LogP contribution in [0.2, 0.25) is 0 Å². The molecule has 62 valence electrons. The second kappa shape index (κ2) is 4.34. The van der Waals surface area contributed by atoms with E-state index in [1.807, 2.05) is 13.2 Å². The van der Waals surface area contributed by atoms with Crippen LogP contribution in [-0.4, -0.2) is 20.9 Å². The summed E-state index contributed by atoms with van der Waals surface area (Å²) in [6.07, 6.45) is 5.08. The lowest BCUT2D eigenvalue weighted by atomic mass is 10.2. The van der Waals surface area contributed by atoms with E-state index in [1.54, 1.807) is 4.68 Å². The topological polar surface area (TPSA) is 30.7 Å². The van der Waals surface area contributed by atoms with E-state index in [4.69, 9.17) is 11.6 Å². The molecule has 0 saturated heterocycles. The van der Waals surface area contributed by atoms with Gasteiger partial charge in [-0.1, -0.05) is 5.21 Å². The van der Waals surface area contributed by atoms with Crippen LogP contribution in [0.3, 0.4) is 0 Å². The number of alkyl halides is 1. The Morgan fingerprint density at radius 2 is 2.36 bits per heavy atom. The molecule has 0 aliphatic heterocycles. The van der Waals surface area contributed by atoms with Gasteiger partial charge in [0.1, 0.15) is 0 Å². The van der Waals surface area contributed by atoms with Gasteiger partial charge in [-0.15, -0.1) is 16.7 Å². The molecule has 0 unspecified atom stereocenters. The summed E-state index contributed by atoms with van der Waals surface area (Å²) in [7, 11) is 1.87. The largest absolute Gasteiger partial charge is 0.255 e. The zero-order valence-corrected chi connectivity index (χ0v) is 7.38. The van der Waals surface area contributed by atoms with E-state index < -0.39 is 0 Å². The van der Waals surface area contributed by atoms with Crippen molar-refractivity contribution in [2.24, 2.45) is 7.05 Å². The summed E-state index contributed by atoms with van der Waals surface area (Å²) in [6, 6.07) is 0. The minimum atomic E-state index is 0.736. The maximum absolute atomic E-state index is 5.53. The first kappa shape index (κ1) is 8.53. The molecule has 0 aromatic carbocycles. The number of nitrogens with zero attached hydrogens (tertiary/aromatic N) is 3. The fourth-order valence-corrected chi connectivity index (χ4v) is 1.10. The molecular formula is C7H12ClN3. The van der Waals surface area contributed by atoms with Crippen molar-refractivity contribution in [2.45, 2.75) is 19.3 Å². The highest BCUT2D eigenvalue weighted by molar-refractivity contribution is 6.17. The van der Waals surface area contributed by atoms with Gasteiger partial charge in [0.15, 0.2) is 0 Å². The molecule has 0 saturated carbocycles. The maximum atomic E-state index is 5.53. The fraction of sp³-hybridized carbons (Fsp3) is 0.714. The summed E-state index contributed by atoms with van der Waals surface area (Å²) in [5.41, 5.74) is 1.05. The van der Waals surface area contributed by atoms with Gasteiger partial charge >= 0.3 is 0 Å². The van der Waals surface area contributed by atoms with E-state index >= 15 is 0 Å². The number of hydrogen-bond acceptors (Lipinski definition) is 2. The predicted octanol–water partition coefficient (Wildman–Crippen LogP) is 1.38. The van der Waals surface area contributed by atoms with Gasteiger partial charge in [-0.25, -0.2) is 0 Å². The Bertz CT molecular complexity index is 209. The summed E-state index contributed by atoms with van der Waals surface area (Å²) >= 11 is 5.53. The molecular weight excluding hydrogens is 162 g/mol. The Hall–Kier alpha value is -0.570. The van der Waals surface area contributed by atoms with E-state index in [1.165, 1.54) is 0 Å². The Morgan fingerprint density at radius 1 is 1.55 bits per heavy atom. The summed E-state index contributed by atoms with van der Waals surface area (Å²) < 4.78 is 1.72. The molecule has 11 heavy (non-hydrogen) atoms. The molecule has 1 aromatic rings. The van der Waals surface area contributed by atoms with Crippen LogP contribution in [0.5, 0.6) is 0 Å². The Morgan fingerprint density at radius 3 is 2.91 bits per heavy atom. The quantitative estimate of drug-likeness (QED) is 0.509. The molecule has 1 heterocycles. The number of halogens is 1. The van der Waals surface area contributed by atoms with Gasteiger partial charge in [0.2, 0.25) is 0 Å². The third kappa shape index (κ3) is 2.89. The zero-order chi connectivity index (χ0) is 8.10. The van der Waals surface area contributed by atoms with Crippen LogP contribution in [0.4, 0.5) is 0 Å². The Kier molecular flexibility index (Phi) is 3.36. The van der Waals surface area contributed by atoms with Gasteiger partial charge in [0.25, 0.3) is 0 Å². The van der Waals surface area contributed by atoms with Gasteiger partial charge in [0, 0.05) is 19.1 Å². The SMILES string of the molecule is Cn1cc(CCCCCl)nn1. The van der Waals surface area contributed by atoms with Crippen molar-refractivity contribution in [2.75, 3.05) is 5.88 Å². The van der Waals surface area contributed by atoms with Crippen LogP contribution < -0.4 is 0 Å². The third-order valence-corrected chi connectivity index (χ3v) is 1.73. The van der Waals surface area contributed by atoms with E-state index in [0.29, 0.717) is 0 Å². The summed E-state index contributed by atoms with van der Waals surface area (Å²) in [6.45, 7) is 0. The van der Waals surface area contributed by atoms with Crippen molar-refractivity contribution >= 4 is 11.6 Å². The highest BCUT2D eigenvalue weighted by atomic mass is 35.5. The summed E-state index contributed by atoms with van der Waals surface area (Å²) in [4.78, 5) is 0.